The van der Waals surface area contributed by atoms with Crippen LogP contribution in [0.1, 0.15) is 13.8 Å². The van der Waals surface area contributed by atoms with Gasteiger partial charge in [-0.15, -0.1) is 0 Å². The number of nitrogen functional groups attached to an aromatic ring is 1. The minimum absolute atomic E-state index is 0.182. The van der Waals surface area contributed by atoms with Gasteiger partial charge < -0.3 is 5.73 Å². The van der Waals surface area contributed by atoms with Crippen LogP contribution in [-0.2, 0) is 10.0 Å². The molecule has 0 radical (unpaired) electrons. The number of nitrogens with two attached hydrogens (primary N) is 1. The van der Waals surface area contributed by atoms with E-state index in [0.717, 1.165) is 0 Å². The van der Waals surface area contributed by atoms with E-state index in [-0.39, 0.29) is 10.4 Å². The van der Waals surface area contributed by atoms with Gasteiger partial charge in [-0.1, -0.05) is 0 Å². The summed E-state index contributed by atoms with van der Waals surface area (Å²) in [6, 6.07) is 4.85. The fourth-order valence-corrected chi connectivity index (χ4v) is 4.80. The Balaban J connectivity index is 2.38. The Morgan fingerprint density at radius 3 is 2.55 bits per heavy atom. The zero-order chi connectivity index (χ0) is 15.1. The second-order valence-corrected chi connectivity index (χ2v) is 8.52. The number of hydrogen-bond acceptors (Lipinski definition) is 4. The van der Waals surface area contributed by atoms with Crippen LogP contribution in [0.4, 0.5) is 5.69 Å². The number of benzene rings is 1. The van der Waals surface area contributed by atoms with Gasteiger partial charge in [-0.2, -0.15) is 4.31 Å². The topological polar surface area (TPSA) is 66.6 Å². The number of nitrogens with zero attached hydrogens (tertiary/aromatic N) is 2. The van der Waals surface area contributed by atoms with Crippen LogP contribution < -0.4 is 5.73 Å². The van der Waals surface area contributed by atoms with Gasteiger partial charge in [0.15, 0.2) is 0 Å². The van der Waals surface area contributed by atoms with Gasteiger partial charge in [0.1, 0.15) is 0 Å². The van der Waals surface area contributed by atoms with Gasteiger partial charge in [-0.05, 0) is 55.0 Å². The van der Waals surface area contributed by atoms with E-state index in [1.807, 2.05) is 20.9 Å². The lowest BCUT2D eigenvalue weighted by molar-refractivity contribution is 0.0801. The Hall–Kier alpha value is -0.630. The van der Waals surface area contributed by atoms with Crippen molar-refractivity contribution >= 4 is 31.6 Å². The lowest BCUT2D eigenvalue weighted by Gasteiger charge is -2.44. The van der Waals surface area contributed by atoms with E-state index in [1.54, 1.807) is 12.1 Å². The number of piperazine rings is 1. The molecule has 0 saturated carbocycles. The molecule has 112 valence electrons. The maximum atomic E-state index is 12.8. The molecule has 1 aliphatic heterocycles. The highest BCUT2D eigenvalue weighted by Crippen LogP contribution is 2.30. The molecule has 1 aromatic rings. The number of sulfonamides is 1. The SMILES string of the molecule is CN1CCN(S(=O)(=O)c2cc(N)ccc2Br)CC1(C)C. The molecule has 20 heavy (non-hydrogen) atoms. The lowest BCUT2D eigenvalue weighted by atomic mass is 10.0. The molecule has 7 heteroatoms. The number of likely N-dealkylation sites (N-methyl/N-ethyl adjacent to an activating group) is 1. The first kappa shape index (κ1) is 15.8. The third-order valence-electron chi connectivity index (χ3n) is 3.85. The van der Waals surface area contributed by atoms with Gasteiger partial charge in [-0.3, -0.25) is 4.90 Å². The van der Waals surface area contributed by atoms with Crippen molar-refractivity contribution in [3.05, 3.63) is 22.7 Å². The summed E-state index contributed by atoms with van der Waals surface area (Å²) in [6.45, 7) is 5.76. The summed E-state index contributed by atoms with van der Waals surface area (Å²) in [6.07, 6.45) is 0. The maximum absolute atomic E-state index is 12.8. The molecule has 5 nitrogen and oxygen atoms in total. The summed E-state index contributed by atoms with van der Waals surface area (Å²) in [5.41, 5.74) is 5.98. The second kappa shape index (κ2) is 5.29. The van der Waals surface area contributed by atoms with E-state index in [9.17, 15) is 8.42 Å². The molecule has 0 aliphatic carbocycles. The van der Waals surface area contributed by atoms with Gasteiger partial charge in [-0.25, -0.2) is 8.42 Å². The van der Waals surface area contributed by atoms with Crippen LogP contribution in [0.2, 0.25) is 0 Å². The minimum Gasteiger partial charge on any atom is -0.399 e. The molecule has 0 aromatic heterocycles. The highest BCUT2D eigenvalue weighted by molar-refractivity contribution is 9.10. The van der Waals surface area contributed by atoms with E-state index >= 15 is 0 Å². The summed E-state index contributed by atoms with van der Waals surface area (Å²) < 4.78 is 27.6. The van der Waals surface area contributed by atoms with Crippen molar-refractivity contribution in [1.82, 2.24) is 9.21 Å². The van der Waals surface area contributed by atoms with Crippen molar-refractivity contribution in [3.63, 3.8) is 0 Å². The van der Waals surface area contributed by atoms with Crippen molar-refractivity contribution in [2.45, 2.75) is 24.3 Å². The first-order valence-corrected chi connectivity index (χ1v) is 8.64. The van der Waals surface area contributed by atoms with Crippen molar-refractivity contribution in [1.29, 1.82) is 0 Å². The first-order valence-electron chi connectivity index (χ1n) is 6.41. The first-order chi connectivity index (χ1) is 9.14. The molecule has 1 fully saturated rings. The third kappa shape index (κ3) is 2.86. The molecule has 0 bridgehead atoms. The molecule has 0 amide bonds. The molecule has 0 unspecified atom stereocenters. The Morgan fingerprint density at radius 1 is 1.30 bits per heavy atom. The molecule has 1 aromatic carbocycles. The van der Waals surface area contributed by atoms with Crippen molar-refractivity contribution in [2.75, 3.05) is 32.4 Å². The van der Waals surface area contributed by atoms with Crippen LogP contribution in [0.15, 0.2) is 27.6 Å². The van der Waals surface area contributed by atoms with Crippen LogP contribution in [-0.4, -0.2) is 49.8 Å². The van der Waals surface area contributed by atoms with Crippen LogP contribution in [0.25, 0.3) is 0 Å². The average molecular weight is 362 g/mol. The van der Waals surface area contributed by atoms with Crippen molar-refractivity contribution in [2.24, 2.45) is 0 Å². The number of anilines is 1. The average Bonchev–Trinajstić information content (AvgIpc) is 2.35. The molecule has 1 aliphatic rings. The van der Waals surface area contributed by atoms with Gasteiger partial charge in [0.05, 0.1) is 4.90 Å². The molecule has 1 heterocycles. The van der Waals surface area contributed by atoms with Crippen molar-refractivity contribution in [3.8, 4) is 0 Å². The standard InChI is InChI=1S/C13H20BrN3O2S/c1-13(2)9-17(7-6-16(13)3)20(18,19)12-8-10(15)4-5-11(12)14/h4-5,8H,6-7,9,15H2,1-3H3. The molecule has 0 spiro atoms. The Morgan fingerprint density at radius 2 is 1.95 bits per heavy atom. The lowest BCUT2D eigenvalue weighted by Crippen LogP contribution is -2.58. The zero-order valence-corrected chi connectivity index (χ0v) is 14.3. The summed E-state index contributed by atoms with van der Waals surface area (Å²) in [5, 5.41) is 0. The van der Waals surface area contributed by atoms with Gasteiger partial charge in [0.25, 0.3) is 0 Å². The number of rotatable bonds is 2. The van der Waals surface area contributed by atoms with Gasteiger partial charge in [0.2, 0.25) is 10.0 Å². The Labute approximate surface area is 128 Å². The monoisotopic (exact) mass is 361 g/mol. The molecule has 2 N–H and O–H groups in total. The second-order valence-electron chi connectivity index (χ2n) is 5.76. The summed E-state index contributed by atoms with van der Waals surface area (Å²) in [5.74, 6) is 0. The van der Waals surface area contributed by atoms with Gasteiger partial charge in [0, 0.05) is 35.3 Å². The molecule has 1 saturated heterocycles. The minimum atomic E-state index is -3.53. The highest BCUT2D eigenvalue weighted by atomic mass is 79.9. The Bertz CT molecular complexity index is 616. The molecular weight excluding hydrogens is 342 g/mol. The van der Waals surface area contributed by atoms with E-state index < -0.39 is 10.0 Å². The molecular formula is C13H20BrN3O2S. The number of halogens is 1. The maximum Gasteiger partial charge on any atom is 0.244 e. The fraction of sp³-hybridized carbons (Fsp3) is 0.538. The number of hydrogen-bond donors (Lipinski definition) is 1. The van der Waals surface area contributed by atoms with Crippen molar-refractivity contribution < 1.29 is 8.42 Å². The van der Waals surface area contributed by atoms with E-state index in [1.165, 1.54) is 10.4 Å². The highest BCUT2D eigenvalue weighted by Gasteiger charge is 2.37. The zero-order valence-electron chi connectivity index (χ0n) is 11.9. The van der Waals surface area contributed by atoms with E-state index in [0.29, 0.717) is 29.8 Å². The van der Waals surface area contributed by atoms with Crippen LogP contribution in [0.5, 0.6) is 0 Å². The largest absolute Gasteiger partial charge is 0.399 e. The summed E-state index contributed by atoms with van der Waals surface area (Å²) in [7, 11) is -1.52. The van der Waals surface area contributed by atoms with E-state index in [2.05, 4.69) is 20.8 Å². The van der Waals surface area contributed by atoms with E-state index in [4.69, 9.17) is 5.73 Å². The molecule has 2 rings (SSSR count). The quantitative estimate of drug-likeness (QED) is 0.814. The predicted molar refractivity (Wildman–Crippen MR) is 84.0 cm³/mol. The van der Waals surface area contributed by atoms with Crippen LogP contribution in [0, 0.1) is 0 Å². The normalized spacial score (nSPS) is 21.0. The van der Waals surface area contributed by atoms with Gasteiger partial charge >= 0.3 is 0 Å². The summed E-state index contributed by atoms with van der Waals surface area (Å²) in [4.78, 5) is 2.41. The predicted octanol–water partition coefficient (Wildman–Crippen LogP) is 1.75. The molecule has 0 atom stereocenters. The van der Waals surface area contributed by atoms with Crippen LogP contribution >= 0.6 is 15.9 Å². The smallest absolute Gasteiger partial charge is 0.244 e. The van der Waals surface area contributed by atoms with Crippen LogP contribution in [0.3, 0.4) is 0 Å². The third-order valence-corrected chi connectivity index (χ3v) is 6.69. The summed E-state index contributed by atoms with van der Waals surface area (Å²) >= 11 is 3.30. The Kier molecular flexibility index (Phi) is 4.17. The fourth-order valence-electron chi connectivity index (χ4n) is 2.26.